The molecule has 3 rings (SSSR count). The molecule has 0 unspecified atom stereocenters. The number of hydrogen-bond donors (Lipinski definition) is 3. The van der Waals surface area contributed by atoms with Crippen LogP contribution in [0, 0.1) is 5.92 Å². The Morgan fingerprint density at radius 1 is 1.10 bits per heavy atom. The molecule has 166 valence electrons. The first kappa shape index (κ1) is 22.8. The molecule has 2 atom stereocenters. The van der Waals surface area contributed by atoms with Gasteiger partial charge in [0, 0.05) is 32.1 Å². The molecule has 0 aliphatic carbocycles. The highest BCUT2D eigenvalue weighted by atomic mass is 16.5. The lowest BCUT2D eigenvalue weighted by Crippen LogP contribution is -2.35. The van der Waals surface area contributed by atoms with E-state index in [1.807, 2.05) is 43.4 Å². The van der Waals surface area contributed by atoms with Crippen LogP contribution in [0.5, 0.6) is 5.75 Å². The van der Waals surface area contributed by atoms with E-state index in [-0.39, 0.29) is 30.2 Å². The van der Waals surface area contributed by atoms with Gasteiger partial charge in [0.15, 0.2) is 0 Å². The minimum Gasteiger partial charge on any atom is -0.497 e. The summed E-state index contributed by atoms with van der Waals surface area (Å²) in [5, 5.41) is 5.91. The number of ether oxygens (including phenoxy) is 1. The maximum Gasteiger partial charge on any atom is 0.234 e. The Morgan fingerprint density at radius 3 is 2.58 bits per heavy atom. The monoisotopic (exact) mass is 424 g/mol. The van der Waals surface area contributed by atoms with Crippen molar-refractivity contribution < 1.29 is 14.3 Å². The molecule has 7 heteroatoms. The number of methoxy groups -OCH3 is 1. The lowest BCUT2D eigenvalue weighted by molar-refractivity contribution is -0.125. The molecule has 1 aliphatic heterocycles. The molecule has 1 saturated heterocycles. The zero-order chi connectivity index (χ0) is 22.2. The Bertz CT molecular complexity index is 885. The van der Waals surface area contributed by atoms with Crippen molar-refractivity contribution in [2.45, 2.75) is 18.9 Å². The number of carbonyl (C=O) groups is 2. The summed E-state index contributed by atoms with van der Waals surface area (Å²) in [6.45, 7) is 2.57. The number of carbonyl (C=O) groups excluding carboxylic acids is 2. The van der Waals surface area contributed by atoms with Crippen molar-refractivity contribution in [1.29, 1.82) is 0 Å². The largest absolute Gasteiger partial charge is 0.497 e. The molecular weight excluding hydrogens is 392 g/mol. The number of benzene rings is 2. The Morgan fingerprint density at radius 2 is 1.87 bits per heavy atom. The molecule has 2 amide bonds. The number of rotatable bonds is 9. The maximum atomic E-state index is 13.0. The fourth-order valence-corrected chi connectivity index (χ4v) is 4.06. The summed E-state index contributed by atoms with van der Waals surface area (Å²) >= 11 is 0. The molecule has 1 heterocycles. The smallest absolute Gasteiger partial charge is 0.234 e. The molecule has 0 radical (unpaired) electrons. The fraction of sp³-hybridized carbons (Fsp3) is 0.417. The second kappa shape index (κ2) is 10.9. The summed E-state index contributed by atoms with van der Waals surface area (Å²) < 4.78 is 5.18. The van der Waals surface area contributed by atoms with Crippen LogP contribution in [-0.2, 0) is 22.6 Å². The number of nitrogens with two attached hydrogens (primary N) is 1. The number of nitrogens with one attached hydrogen (secondary N) is 2. The van der Waals surface area contributed by atoms with E-state index in [1.165, 1.54) is 0 Å². The average molecular weight is 425 g/mol. The van der Waals surface area contributed by atoms with Crippen LogP contribution in [0.15, 0.2) is 48.5 Å². The Labute approximate surface area is 183 Å². The van der Waals surface area contributed by atoms with E-state index in [4.69, 9.17) is 10.5 Å². The zero-order valence-electron chi connectivity index (χ0n) is 18.3. The number of amides is 2. The molecular formula is C24H32N4O3. The van der Waals surface area contributed by atoms with E-state index in [0.29, 0.717) is 13.1 Å². The molecule has 0 bridgehead atoms. The van der Waals surface area contributed by atoms with Crippen LogP contribution in [-0.4, -0.2) is 57.1 Å². The van der Waals surface area contributed by atoms with Gasteiger partial charge in [-0.1, -0.05) is 36.4 Å². The van der Waals surface area contributed by atoms with Gasteiger partial charge in [-0.05, 0) is 42.3 Å². The molecule has 1 aliphatic rings. The van der Waals surface area contributed by atoms with Crippen LogP contribution >= 0.6 is 0 Å². The van der Waals surface area contributed by atoms with Gasteiger partial charge in [-0.15, -0.1) is 0 Å². The van der Waals surface area contributed by atoms with Crippen molar-refractivity contribution in [3.05, 3.63) is 65.2 Å². The summed E-state index contributed by atoms with van der Waals surface area (Å²) in [5.41, 5.74) is 8.65. The van der Waals surface area contributed by atoms with Gasteiger partial charge < -0.3 is 26.0 Å². The molecule has 31 heavy (non-hydrogen) atoms. The predicted molar refractivity (Wildman–Crippen MR) is 121 cm³/mol. The normalized spacial score (nSPS) is 18.5. The first-order valence-electron chi connectivity index (χ1n) is 10.6. The Balaban J connectivity index is 1.59. The van der Waals surface area contributed by atoms with Gasteiger partial charge in [-0.2, -0.15) is 0 Å². The van der Waals surface area contributed by atoms with Crippen molar-refractivity contribution in [1.82, 2.24) is 15.5 Å². The third kappa shape index (κ3) is 6.29. The van der Waals surface area contributed by atoms with Gasteiger partial charge in [-0.3, -0.25) is 9.59 Å². The van der Waals surface area contributed by atoms with Crippen molar-refractivity contribution >= 4 is 11.8 Å². The third-order valence-corrected chi connectivity index (χ3v) is 5.77. The van der Waals surface area contributed by atoms with Gasteiger partial charge in [0.1, 0.15) is 5.75 Å². The van der Waals surface area contributed by atoms with E-state index in [2.05, 4.69) is 27.7 Å². The minimum atomic E-state index is -0.180. The van der Waals surface area contributed by atoms with Crippen LogP contribution in [0.1, 0.15) is 22.6 Å². The van der Waals surface area contributed by atoms with E-state index in [0.717, 1.165) is 42.0 Å². The van der Waals surface area contributed by atoms with Gasteiger partial charge in [0.25, 0.3) is 0 Å². The highest BCUT2D eigenvalue weighted by Crippen LogP contribution is 2.32. The summed E-state index contributed by atoms with van der Waals surface area (Å²) in [5.74, 6) is 0.755. The van der Waals surface area contributed by atoms with Gasteiger partial charge >= 0.3 is 0 Å². The van der Waals surface area contributed by atoms with Crippen LogP contribution in [0.4, 0.5) is 0 Å². The molecule has 0 spiro atoms. The van der Waals surface area contributed by atoms with E-state index >= 15 is 0 Å². The Kier molecular flexibility index (Phi) is 8.03. The van der Waals surface area contributed by atoms with Gasteiger partial charge in [0.2, 0.25) is 11.8 Å². The van der Waals surface area contributed by atoms with Crippen molar-refractivity contribution in [3.63, 3.8) is 0 Å². The number of likely N-dealkylation sites (N-methyl/N-ethyl adjacent to an activating group) is 1. The van der Waals surface area contributed by atoms with E-state index in [9.17, 15) is 9.59 Å². The molecule has 0 saturated carbocycles. The number of nitrogens with zero attached hydrogens (tertiary/aromatic N) is 1. The average Bonchev–Trinajstić information content (AvgIpc) is 3.20. The standard InChI is InChI=1S/C24H32N4O3/c1-28-15-21(19-5-3-4-18(12-19)14-27-23(29)13-25)22(16-28)24(30)26-11-10-17-6-8-20(31-2)9-7-17/h3-9,12,21-22H,10-11,13-16,25H2,1-2H3,(H,26,30)(H,27,29)/t21-,22+/m0/s1. The number of likely N-dealkylation sites (tertiary alicyclic amines) is 1. The highest BCUT2D eigenvalue weighted by Gasteiger charge is 2.36. The second-order valence-corrected chi connectivity index (χ2v) is 8.05. The minimum absolute atomic E-state index is 0.0219. The van der Waals surface area contributed by atoms with Crippen molar-refractivity contribution in [2.75, 3.05) is 40.3 Å². The van der Waals surface area contributed by atoms with Gasteiger partial charge in [-0.25, -0.2) is 0 Å². The first-order chi connectivity index (χ1) is 15.0. The SMILES string of the molecule is COc1ccc(CCNC(=O)[C@@H]2CN(C)C[C@H]2c2cccc(CNC(=O)CN)c2)cc1. The van der Waals surface area contributed by atoms with Crippen LogP contribution in [0.25, 0.3) is 0 Å². The first-order valence-corrected chi connectivity index (χ1v) is 10.6. The van der Waals surface area contributed by atoms with Crippen molar-refractivity contribution in [2.24, 2.45) is 11.7 Å². The predicted octanol–water partition coefficient (Wildman–Crippen LogP) is 1.27. The summed E-state index contributed by atoms with van der Waals surface area (Å²) in [4.78, 5) is 26.6. The van der Waals surface area contributed by atoms with Crippen LogP contribution in [0.2, 0.25) is 0 Å². The summed E-state index contributed by atoms with van der Waals surface area (Å²) in [6, 6.07) is 16.0. The zero-order valence-corrected chi connectivity index (χ0v) is 18.3. The fourth-order valence-electron chi connectivity index (χ4n) is 4.06. The van der Waals surface area contributed by atoms with E-state index in [1.54, 1.807) is 7.11 Å². The summed E-state index contributed by atoms with van der Waals surface area (Å²) in [7, 11) is 3.69. The molecule has 7 nitrogen and oxygen atoms in total. The lowest BCUT2D eigenvalue weighted by Gasteiger charge is -2.19. The second-order valence-electron chi connectivity index (χ2n) is 8.05. The van der Waals surface area contributed by atoms with E-state index < -0.39 is 0 Å². The number of hydrogen-bond acceptors (Lipinski definition) is 5. The maximum absolute atomic E-state index is 13.0. The topological polar surface area (TPSA) is 96.7 Å². The summed E-state index contributed by atoms with van der Waals surface area (Å²) in [6.07, 6.45) is 0.777. The lowest BCUT2D eigenvalue weighted by atomic mass is 9.87. The molecule has 4 N–H and O–H groups in total. The molecule has 2 aromatic carbocycles. The molecule has 2 aromatic rings. The van der Waals surface area contributed by atoms with Crippen LogP contribution in [0.3, 0.4) is 0 Å². The van der Waals surface area contributed by atoms with Crippen LogP contribution < -0.4 is 21.1 Å². The van der Waals surface area contributed by atoms with Gasteiger partial charge in [0.05, 0.1) is 19.6 Å². The highest BCUT2D eigenvalue weighted by molar-refractivity contribution is 5.80. The third-order valence-electron chi connectivity index (χ3n) is 5.77. The molecule has 1 fully saturated rings. The quantitative estimate of drug-likeness (QED) is 0.563. The van der Waals surface area contributed by atoms with Crippen molar-refractivity contribution in [3.8, 4) is 5.75 Å². The molecule has 0 aromatic heterocycles. The Hall–Kier alpha value is -2.90.